The second kappa shape index (κ2) is 3.32. The van der Waals surface area contributed by atoms with Crippen molar-refractivity contribution in [3.63, 3.8) is 0 Å². The van der Waals surface area contributed by atoms with Crippen molar-refractivity contribution in [1.29, 1.82) is 5.26 Å². The van der Waals surface area contributed by atoms with Gasteiger partial charge in [0, 0.05) is 9.85 Å². The van der Waals surface area contributed by atoms with Gasteiger partial charge in [-0.05, 0) is 22.0 Å². The molecule has 0 spiro atoms. The van der Waals surface area contributed by atoms with E-state index in [-0.39, 0.29) is 0 Å². The smallest absolute Gasteiger partial charge is 0.210 e. The molecule has 1 N–H and O–H groups in total. The Morgan fingerprint density at radius 2 is 2.46 bits per heavy atom. The molecule has 2 aromatic rings. The van der Waals surface area contributed by atoms with Gasteiger partial charge in [-0.25, -0.2) is 4.98 Å². The van der Waals surface area contributed by atoms with Gasteiger partial charge in [0.2, 0.25) is 5.82 Å². The van der Waals surface area contributed by atoms with Crippen LogP contribution in [0.4, 0.5) is 0 Å². The molecule has 0 aliphatic carbocycles. The third kappa shape index (κ3) is 1.64. The van der Waals surface area contributed by atoms with Gasteiger partial charge in [0.1, 0.15) is 6.07 Å². The van der Waals surface area contributed by atoms with Gasteiger partial charge >= 0.3 is 0 Å². The van der Waals surface area contributed by atoms with Crippen molar-refractivity contribution in [2.45, 2.75) is 0 Å². The molecule has 5 heteroatoms. The summed E-state index contributed by atoms with van der Waals surface area (Å²) < 4.78 is 1.04. The van der Waals surface area contributed by atoms with Crippen LogP contribution in [0.2, 0.25) is 0 Å². The third-order valence-corrected chi connectivity index (χ3v) is 3.24. The van der Waals surface area contributed by atoms with Gasteiger partial charge in [-0.1, -0.05) is 0 Å². The van der Waals surface area contributed by atoms with Crippen molar-refractivity contribution < 1.29 is 0 Å². The first kappa shape index (κ1) is 8.48. The van der Waals surface area contributed by atoms with Gasteiger partial charge in [-0.15, -0.1) is 11.3 Å². The lowest BCUT2D eigenvalue weighted by molar-refractivity contribution is 1.23. The predicted molar refractivity (Wildman–Crippen MR) is 54.3 cm³/mol. The van der Waals surface area contributed by atoms with Crippen molar-refractivity contribution >= 4 is 27.3 Å². The first-order valence-electron chi connectivity index (χ1n) is 3.49. The zero-order chi connectivity index (χ0) is 9.26. The fourth-order valence-electron chi connectivity index (χ4n) is 0.958. The van der Waals surface area contributed by atoms with Crippen LogP contribution in [0.1, 0.15) is 5.82 Å². The van der Waals surface area contributed by atoms with Gasteiger partial charge in [0.05, 0.1) is 16.8 Å². The summed E-state index contributed by atoms with van der Waals surface area (Å²) in [6, 6.07) is 3.94. The molecular weight excluding hydrogens is 250 g/mol. The number of hydrogen-bond donors (Lipinski definition) is 1. The quantitative estimate of drug-likeness (QED) is 0.850. The van der Waals surface area contributed by atoms with Crippen molar-refractivity contribution in [2.24, 2.45) is 0 Å². The highest BCUT2D eigenvalue weighted by Gasteiger charge is 2.04. The van der Waals surface area contributed by atoms with Gasteiger partial charge in [-0.3, -0.25) is 0 Å². The number of H-pyrrole nitrogens is 1. The van der Waals surface area contributed by atoms with Crippen molar-refractivity contribution in [1.82, 2.24) is 9.97 Å². The van der Waals surface area contributed by atoms with E-state index in [0.717, 1.165) is 15.0 Å². The van der Waals surface area contributed by atoms with Crippen molar-refractivity contribution in [3.05, 3.63) is 27.9 Å². The molecule has 0 amide bonds. The Balaban J connectivity index is 2.42. The Bertz CT molecular complexity index is 466. The topological polar surface area (TPSA) is 52.5 Å². The minimum absolute atomic E-state index is 0.347. The highest BCUT2D eigenvalue weighted by atomic mass is 79.9. The van der Waals surface area contributed by atoms with Crippen molar-refractivity contribution in [3.8, 4) is 16.6 Å². The van der Waals surface area contributed by atoms with Gasteiger partial charge in [0.15, 0.2) is 0 Å². The molecule has 2 rings (SSSR count). The fraction of sp³-hybridized carbons (Fsp3) is 0. The van der Waals surface area contributed by atoms with Crippen LogP contribution in [-0.2, 0) is 0 Å². The number of rotatable bonds is 1. The Morgan fingerprint density at radius 1 is 1.62 bits per heavy atom. The van der Waals surface area contributed by atoms with Crippen LogP contribution < -0.4 is 0 Å². The SMILES string of the molecule is N#Cc1ncc(-c2cc(Br)cs2)[nH]1. The molecule has 3 nitrogen and oxygen atoms in total. The van der Waals surface area contributed by atoms with Crippen LogP contribution in [0, 0.1) is 11.3 Å². The molecule has 13 heavy (non-hydrogen) atoms. The van der Waals surface area contributed by atoms with E-state index in [9.17, 15) is 0 Å². The molecule has 0 unspecified atom stereocenters. The number of aromatic nitrogens is 2. The molecule has 0 bridgehead atoms. The molecule has 0 fully saturated rings. The molecule has 0 saturated heterocycles. The van der Waals surface area contributed by atoms with E-state index >= 15 is 0 Å². The second-order valence-electron chi connectivity index (χ2n) is 2.39. The highest BCUT2D eigenvalue weighted by Crippen LogP contribution is 2.28. The Morgan fingerprint density at radius 3 is 3.00 bits per heavy atom. The molecule has 2 aromatic heterocycles. The maximum absolute atomic E-state index is 8.55. The normalized spacial score (nSPS) is 9.85. The van der Waals surface area contributed by atoms with E-state index in [2.05, 4.69) is 25.9 Å². The number of nitrogens with zero attached hydrogens (tertiary/aromatic N) is 2. The monoisotopic (exact) mass is 253 g/mol. The van der Waals surface area contributed by atoms with Crippen LogP contribution >= 0.6 is 27.3 Å². The van der Waals surface area contributed by atoms with E-state index < -0.39 is 0 Å². The number of imidazole rings is 1. The molecule has 64 valence electrons. The van der Waals surface area contributed by atoms with Crippen LogP contribution in [-0.4, -0.2) is 9.97 Å². The number of nitriles is 1. The second-order valence-corrected chi connectivity index (χ2v) is 4.21. The summed E-state index contributed by atoms with van der Waals surface area (Å²) in [5.74, 6) is 0.347. The number of thiophene rings is 1. The fourth-order valence-corrected chi connectivity index (χ4v) is 2.35. The van der Waals surface area contributed by atoms with E-state index in [1.807, 2.05) is 17.5 Å². The summed E-state index contributed by atoms with van der Waals surface area (Å²) in [6.45, 7) is 0. The average molecular weight is 254 g/mol. The van der Waals surface area contributed by atoms with Crippen molar-refractivity contribution in [2.75, 3.05) is 0 Å². The standard InChI is InChI=1S/C8H4BrN3S/c9-5-1-7(13-4-5)6-3-11-8(2-10)12-6/h1,3-4H,(H,11,12). The van der Waals surface area contributed by atoms with E-state index in [0.29, 0.717) is 5.82 Å². The van der Waals surface area contributed by atoms with E-state index in [1.54, 1.807) is 17.5 Å². The minimum atomic E-state index is 0.347. The minimum Gasteiger partial charge on any atom is -0.329 e. The summed E-state index contributed by atoms with van der Waals surface area (Å²) in [5.41, 5.74) is 0.882. The average Bonchev–Trinajstić information content (AvgIpc) is 2.71. The van der Waals surface area contributed by atoms with Crippen LogP contribution in [0.25, 0.3) is 10.6 Å². The Hall–Kier alpha value is -1.12. The highest BCUT2D eigenvalue weighted by molar-refractivity contribution is 9.10. The molecule has 0 aliphatic heterocycles. The molecular formula is C8H4BrN3S. The van der Waals surface area contributed by atoms with E-state index in [4.69, 9.17) is 5.26 Å². The van der Waals surface area contributed by atoms with Crippen LogP contribution in [0.15, 0.2) is 22.1 Å². The molecule has 0 saturated carbocycles. The summed E-state index contributed by atoms with van der Waals surface area (Å²) in [5, 5.41) is 10.5. The summed E-state index contributed by atoms with van der Waals surface area (Å²) in [7, 11) is 0. The summed E-state index contributed by atoms with van der Waals surface area (Å²) >= 11 is 4.96. The zero-order valence-corrected chi connectivity index (χ0v) is 8.82. The molecule has 0 aliphatic rings. The first-order valence-corrected chi connectivity index (χ1v) is 5.16. The maximum Gasteiger partial charge on any atom is 0.210 e. The summed E-state index contributed by atoms with van der Waals surface area (Å²) in [4.78, 5) is 7.88. The zero-order valence-electron chi connectivity index (χ0n) is 6.41. The Kier molecular flexibility index (Phi) is 2.17. The van der Waals surface area contributed by atoms with Gasteiger partial charge in [0.25, 0.3) is 0 Å². The predicted octanol–water partition coefficient (Wildman–Crippen LogP) is 2.77. The lowest BCUT2D eigenvalue weighted by Gasteiger charge is -1.86. The van der Waals surface area contributed by atoms with Gasteiger partial charge in [-0.2, -0.15) is 5.26 Å². The lowest BCUT2D eigenvalue weighted by Crippen LogP contribution is -1.74. The molecule has 0 aromatic carbocycles. The summed E-state index contributed by atoms with van der Waals surface area (Å²) in [6.07, 6.45) is 1.66. The van der Waals surface area contributed by atoms with Crippen LogP contribution in [0.3, 0.4) is 0 Å². The number of aromatic amines is 1. The number of halogens is 1. The molecule has 0 atom stereocenters. The maximum atomic E-state index is 8.55. The van der Waals surface area contributed by atoms with Crippen LogP contribution in [0.5, 0.6) is 0 Å². The molecule has 0 radical (unpaired) electrons. The largest absolute Gasteiger partial charge is 0.329 e. The Labute approximate surface area is 87.2 Å². The number of nitrogens with one attached hydrogen (secondary N) is 1. The van der Waals surface area contributed by atoms with E-state index in [1.165, 1.54) is 0 Å². The van der Waals surface area contributed by atoms with Gasteiger partial charge < -0.3 is 4.98 Å². The lowest BCUT2D eigenvalue weighted by atomic mass is 10.4. The molecule has 2 heterocycles. The third-order valence-electron chi connectivity index (χ3n) is 1.51. The number of hydrogen-bond acceptors (Lipinski definition) is 3. The first-order chi connectivity index (χ1) is 6.29.